The van der Waals surface area contributed by atoms with Crippen LogP contribution >= 0.6 is 0 Å². The smallest absolute Gasteiger partial charge is 0.243 e. The Morgan fingerprint density at radius 3 is 2.48 bits per heavy atom. The molecule has 0 heterocycles. The third-order valence-electron chi connectivity index (χ3n) is 3.32. The maximum absolute atomic E-state index is 14.1. The van der Waals surface area contributed by atoms with Crippen molar-refractivity contribution < 1.29 is 12.8 Å². The van der Waals surface area contributed by atoms with Gasteiger partial charge < -0.3 is 5.32 Å². The Bertz CT molecular complexity index is 547. The number of hydrogen-bond acceptors (Lipinski definition) is 3. The fourth-order valence-corrected chi connectivity index (χ4v) is 3.53. The van der Waals surface area contributed by atoms with Crippen LogP contribution in [0.15, 0.2) is 23.1 Å². The molecule has 0 bridgehead atoms. The van der Waals surface area contributed by atoms with Crippen molar-refractivity contribution in [1.82, 2.24) is 10.0 Å². The van der Waals surface area contributed by atoms with Crippen LogP contribution in [-0.2, 0) is 16.6 Å². The molecule has 1 aromatic rings. The molecule has 0 radical (unpaired) electrons. The van der Waals surface area contributed by atoms with Crippen molar-refractivity contribution >= 4 is 10.0 Å². The van der Waals surface area contributed by atoms with Gasteiger partial charge in [0.15, 0.2) is 0 Å². The number of rotatable bonds is 9. The molecule has 1 aromatic carbocycles. The molecule has 6 heteroatoms. The van der Waals surface area contributed by atoms with E-state index in [1.807, 2.05) is 20.8 Å². The third kappa shape index (κ3) is 5.37. The Labute approximate surface area is 127 Å². The van der Waals surface area contributed by atoms with Crippen LogP contribution in [0.2, 0.25) is 0 Å². The Hall–Kier alpha value is -0.980. The van der Waals surface area contributed by atoms with E-state index in [9.17, 15) is 12.8 Å². The molecule has 0 aromatic heterocycles. The molecule has 0 fully saturated rings. The van der Waals surface area contributed by atoms with Crippen molar-refractivity contribution in [1.29, 1.82) is 0 Å². The van der Waals surface area contributed by atoms with Gasteiger partial charge in [0.05, 0.1) is 0 Å². The number of sulfonamides is 1. The second-order valence-electron chi connectivity index (χ2n) is 5.06. The Morgan fingerprint density at radius 2 is 1.95 bits per heavy atom. The van der Waals surface area contributed by atoms with Crippen LogP contribution < -0.4 is 10.0 Å². The number of nitrogens with one attached hydrogen (secondary N) is 2. The molecule has 0 aliphatic carbocycles. The summed E-state index contributed by atoms with van der Waals surface area (Å²) in [6.07, 6.45) is 2.31. The molecule has 0 amide bonds. The lowest BCUT2D eigenvalue weighted by molar-refractivity contribution is 0.505. The van der Waals surface area contributed by atoms with E-state index in [4.69, 9.17) is 0 Å². The molecule has 0 saturated carbocycles. The highest BCUT2D eigenvalue weighted by Gasteiger charge is 2.22. The van der Waals surface area contributed by atoms with Gasteiger partial charge in [-0.15, -0.1) is 0 Å². The lowest BCUT2D eigenvalue weighted by atomic mass is 10.1. The molecule has 0 saturated heterocycles. The number of halogens is 1. The van der Waals surface area contributed by atoms with Gasteiger partial charge in [-0.3, -0.25) is 0 Å². The zero-order valence-electron chi connectivity index (χ0n) is 12.9. The fourth-order valence-electron chi connectivity index (χ4n) is 2.12. The highest BCUT2D eigenvalue weighted by molar-refractivity contribution is 7.89. The SMILES string of the molecule is CCCC(CC)NS(=O)(=O)c1ccc(CNCC)cc1F. The minimum absolute atomic E-state index is 0.152. The van der Waals surface area contributed by atoms with Gasteiger partial charge in [-0.2, -0.15) is 0 Å². The quantitative estimate of drug-likeness (QED) is 0.736. The van der Waals surface area contributed by atoms with E-state index in [1.54, 1.807) is 6.07 Å². The molecular formula is C15H25FN2O2S. The Kier molecular flexibility index (Phi) is 7.28. The highest BCUT2D eigenvalue weighted by Crippen LogP contribution is 2.17. The van der Waals surface area contributed by atoms with Gasteiger partial charge in [-0.25, -0.2) is 17.5 Å². The van der Waals surface area contributed by atoms with Crippen molar-refractivity contribution in [2.75, 3.05) is 6.54 Å². The molecule has 2 N–H and O–H groups in total. The van der Waals surface area contributed by atoms with Crippen LogP contribution in [0.1, 0.15) is 45.6 Å². The molecule has 1 rings (SSSR count). The predicted octanol–water partition coefficient (Wildman–Crippen LogP) is 2.79. The summed E-state index contributed by atoms with van der Waals surface area (Å²) in [5.41, 5.74) is 0.730. The lowest BCUT2D eigenvalue weighted by Gasteiger charge is -2.16. The Morgan fingerprint density at radius 1 is 1.24 bits per heavy atom. The van der Waals surface area contributed by atoms with Gasteiger partial charge in [0.2, 0.25) is 10.0 Å². The Balaban J connectivity index is 2.92. The fraction of sp³-hybridized carbons (Fsp3) is 0.600. The van der Waals surface area contributed by atoms with Crippen molar-refractivity contribution in [3.05, 3.63) is 29.6 Å². The summed E-state index contributed by atoms with van der Waals surface area (Å²) in [7, 11) is -3.81. The zero-order chi connectivity index (χ0) is 15.9. The molecule has 120 valence electrons. The molecule has 1 atom stereocenters. The summed E-state index contributed by atoms with van der Waals surface area (Å²) in [4.78, 5) is -0.280. The summed E-state index contributed by atoms with van der Waals surface area (Å²) in [5, 5.41) is 3.08. The first-order valence-corrected chi connectivity index (χ1v) is 8.94. The van der Waals surface area contributed by atoms with Gasteiger partial charge in [0.25, 0.3) is 0 Å². The maximum Gasteiger partial charge on any atom is 0.243 e. The van der Waals surface area contributed by atoms with Gasteiger partial charge in [-0.05, 0) is 37.1 Å². The molecule has 0 aliphatic rings. The van der Waals surface area contributed by atoms with Crippen molar-refractivity contribution in [3.63, 3.8) is 0 Å². The molecule has 4 nitrogen and oxygen atoms in total. The summed E-state index contributed by atoms with van der Waals surface area (Å²) in [6, 6.07) is 4.10. The van der Waals surface area contributed by atoms with Gasteiger partial charge in [-0.1, -0.05) is 33.3 Å². The predicted molar refractivity (Wildman–Crippen MR) is 83.1 cm³/mol. The van der Waals surface area contributed by atoms with E-state index in [2.05, 4.69) is 10.0 Å². The topological polar surface area (TPSA) is 58.2 Å². The number of hydrogen-bond donors (Lipinski definition) is 2. The van der Waals surface area contributed by atoms with E-state index in [1.165, 1.54) is 12.1 Å². The van der Waals surface area contributed by atoms with Gasteiger partial charge in [0, 0.05) is 12.6 Å². The van der Waals surface area contributed by atoms with Crippen LogP contribution in [0.5, 0.6) is 0 Å². The third-order valence-corrected chi connectivity index (χ3v) is 4.87. The largest absolute Gasteiger partial charge is 0.313 e. The maximum atomic E-state index is 14.1. The monoisotopic (exact) mass is 316 g/mol. The highest BCUT2D eigenvalue weighted by atomic mass is 32.2. The first kappa shape index (κ1) is 18.1. The average Bonchev–Trinajstić information content (AvgIpc) is 2.44. The van der Waals surface area contributed by atoms with Crippen molar-refractivity contribution in [2.24, 2.45) is 0 Å². The van der Waals surface area contributed by atoms with Crippen LogP contribution in [0.25, 0.3) is 0 Å². The summed E-state index contributed by atoms with van der Waals surface area (Å²) >= 11 is 0. The molecule has 0 aliphatic heterocycles. The molecular weight excluding hydrogens is 291 g/mol. The average molecular weight is 316 g/mol. The van der Waals surface area contributed by atoms with E-state index >= 15 is 0 Å². The number of benzene rings is 1. The van der Waals surface area contributed by atoms with Crippen LogP contribution in [0, 0.1) is 5.82 Å². The summed E-state index contributed by atoms with van der Waals surface area (Å²) < 4.78 is 41.2. The summed E-state index contributed by atoms with van der Waals surface area (Å²) in [5.74, 6) is -0.704. The molecule has 1 unspecified atom stereocenters. The lowest BCUT2D eigenvalue weighted by Crippen LogP contribution is -2.34. The van der Waals surface area contributed by atoms with E-state index in [-0.39, 0.29) is 10.9 Å². The second kappa shape index (κ2) is 8.46. The normalized spacial score (nSPS) is 13.3. The molecule has 21 heavy (non-hydrogen) atoms. The van der Waals surface area contributed by atoms with E-state index in [0.29, 0.717) is 13.0 Å². The standard InChI is InChI=1S/C15H25FN2O2S/c1-4-7-13(5-2)18-21(19,20)15-9-8-12(10-14(15)16)11-17-6-3/h8-10,13,17-18H,4-7,11H2,1-3H3. The van der Waals surface area contributed by atoms with Gasteiger partial charge >= 0.3 is 0 Å². The minimum Gasteiger partial charge on any atom is -0.313 e. The zero-order valence-corrected chi connectivity index (χ0v) is 13.8. The van der Waals surface area contributed by atoms with Crippen molar-refractivity contribution in [3.8, 4) is 0 Å². The van der Waals surface area contributed by atoms with Crippen LogP contribution in [0.3, 0.4) is 0 Å². The first-order valence-electron chi connectivity index (χ1n) is 7.46. The van der Waals surface area contributed by atoms with E-state index < -0.39 is 15.8 Å². The first-order chi connectivity index (χ1) is 9.94. The minimum atomic E-state index is -3.81. The van der Waals surface area contributed by atoms with E-state index in [0.717, 1.165) is 24.9 Å². The summed E-state index contributed by atoms with van der Waals surface area (Å²) in [6.45, 7) is 7.16. The van der Waals surface area contributed by atoms with Gasteiger partial charge in [0.1, 0.15) is 10.7 Å². The molecule has 0 spiro atoms. The second-order valence-corrected chi connectivity index (χ2v) is 6.74. The van der Waals surface area contributed by atoms with Crippen LogP contribution in [-0.4, -0.2) is 21.0 Å². The van der Waals surface area contributed by atoms with Crippen LogP contribution in [0.4, 0.5) is 4.39 Å². The van der Waals surface area contributed by atoms with Crippen molar-refractivity contribution in [2.45, 2.75) is 57.5 Å².